The van der Waals surface area contributed by atoms with Gasteiger partial charge in [-0.1, -0.05) is 23.7 Å². The minimum Gasteiger partial charge on any atom is -0.364 e. The third-order valence-electron chi connectivity index (χ3n) is 4.77. The van der Waals surface area contributed by atoms with Gasteiger partial charge in [-0.25, -0.2) is 0 Å². The molecule has 2 aromatic heterocycles. The Morgan fingerprint density at radius 2 is 2.04 bits per heavy atom. The standard InChI is InChI=1S/C19H19ClN4OS.CH5N/c20-13-5-3-12(4-6-13)16-9-14-15(8-11-2-1-7-22-10-11)23-24-17(19(21)25)18(14)26-16;1-2/h3-6,9,11,22H,1-2,7-8,10H2,(H2,21,25);2H2,1H3. The number of halogens is 1. The molecule has 1 aliphatic rings. The van der Waals surface area contributed by atoms with Crippen molar-refractivity contribution in [1.82, 2.24) is 15.5 Å². The molecule has 1 saturated heterocycles. The second kappa shape index (κ2) is 9.43. The van der Waals surface area contributed by atoms with Crippen molar-refractivity contribution in [3.05, 3.63) is 46.7 Å². The molecule has 0 radical (unpaired) electrons. The van der Waals surface area contributed by atoms with Crippen molar-refractivity contribution >= 4 is 38.9 Å². The summed E-state index contributed by atoms with van der Waals surface area (Å²) in [5, 5.41) is 13.6. The SMILES string of the molecule is CN.NC(=O)c1nnc(CC2CCCNC2)c2cc(-c3ccc(Cl)cc3)sc12. The Labute approximate surface area is 173 Å². The van der Waals surface area contributed by atoms with Gasteiger partial charge in [-0.15, -0.1) is 16.4 Å². The maximum absolute atomic E-state index is 11.8. The number of hydrogen-bond donors (Lipinski definition) is 3. The number of nitrogens with one attached hydrogen (secondary N) is 1. The second-order valence-corrected chi connectivity index (χ2v) is 8.13. The van der Waals surface area contributed by atoms with Gasteiger partial charge in [0, 0.05) is 15.3 Å². The maximum atomic E-state index is 11.8. The molecule has 1 atom stereocenters. The number of hydrogen-bond acceptors (Lipinski definition) is 6. The van der Waals surface area contributed by atoms with Gasteiger partial charge >= 0.3 is 0 Å². The third-order valence-corrected chi connectivity index (χ3v) is 6.21. The number of aromatic nitrogens is 2. The van der Waals surface area contributed by atoms with Crippen molar-refractivity contribution in [2.75, 3.05) is 20.1 Å². The first kappa shape index (κ1) is 20.7. The van der Waals surface area contributed by atoms with Gasteiger partial charge in [0.1, 0.15) is 0 Å². The van der Waals surface area contributed by atoms with E-state index in [1.54, 1.807) is 0 Å². The monoisotopic (exact) mass is 417 g/mol. The maximum Gasteiger partial charge on any atom is 0.270 e. The molecular weight excluding hydrogens is 394 g/mol. The smallest absolute Gasteiger partial charge is 0.270 e. The summed E-state index contributed by atoms with van der Waals surface area (Å²) >= 11 is 7.52. The molecule has 1 aliphatic heterocycles. The highest BCUT2D eigenvalue weighted by Crippen LogP contribution is 2.37. The topological polar surface area (TPSA) is 107 Å². The number of nitrogens with zero attached hydrogens (tertiary/aromatic N) is 2. The molecule has 1 aromatic carbocycles. The van der Waals surface area contributed by atoms with Crippen molar-refractivity contribution in [2.24, 2.45) is 17.4 Å². The van der Waals surface area contributed by atoms with Crippen LogP contribution in [0.3, 0.4) is 0 Å². The quantitative estimate of drug-likeness (QED) is 0.604. The minimum absolute atomic E-state index is 0.246. The van der Waals surface area contributed by atoms with Gasteiger partial charge in [-0.3, -0.25) is 4.79 Å². The van der Waals surface area contributed by atoms with Crippen LogP contribution < -0.4 is 16.8 Å². The average Bonchev–Trinajstić information content (AvgIpc) is 3.16. The Kier molecular flexibility index (Phi) is 6.96. The molecule has 0 bridgehead atoms. The summed E-state index contributed by atoms with van der Waals surface area (Å²) in [5.74, 6) is -0.00236. The molecule has 148 valence electrons. The fraction of sp³-hybridized carbons (Fsp3) is 0.350. The van der Waals surface area contributed by atoms with Crippen LogP contribution in [0, 0.1) is 5.92 Å². The Hall–Kier alpha value is -2.06. The van der Waals surface area contributed by atoms with Crippen molar-refractivity contribution in [3.63, 3.8) is 0 Å². The van der Waals surface area contributed by atoms with E-state index in [1.165, 1.54) is 31.2 Å². The lowest BCUT2D eigenvalue weighted by Gasteiger charge is -2.22. The Bertz CT molecular complexity index is 951. The number of amides is 1. The van der Waals surface area contributed by atoms with E-state index in [4.69, 9.17) is 17.3 Å². The predicted molar refractivity (Wildman–Crippen MR) is 116 cm³/mol. The molecule has 0 aliphatic carbocycles. The number of thiophene rings is 1. The van der Waals surface area contributed by atoms with E-state index in [0.29, 0.717) is 10.9 Å². The summed E-state index contributed by atoms with van der Waals surface area (Å²) in [6.07, 6.45) is 3.22. The van der Waals surface area contributed by atoms with E-state index in [0.717, 1.165) is 45.7 Å². The first-order valence-electron chi connectivity index (χ1n) is 9.25. The van der Waals surface area contributed by atoms with Crippen molar-refractivity contribution in [1.29, 1.82) is 0 Å². The summed E-state index contributed by atoms with van der Waals surface area (Å²) in [6, 6.07) is 9.77. The highest BCUT2D eigenvalue weighted by molar-refractivity contribution is 7.22. The zero-order chi connectivity index (χ0) is 20.1. The number of primary amides is 1. The normalized spacial score (nSPS) is 16.5. The first-order chi connectivity index (χ1) is 13.6. The van der Waals surface area contributed by atoms with E-state index in [9.17, 15) is 4.79 Å². The van der Waals surface area contributed by atoms with Crippen LogP contribution in [0.2, 0.25) is 5.02 Å². The molecule has 4 rings (SSSR count). The molecule has 6 nitrogen and oxygen atoms in total. The largest absolute Gasteiger partial charge is 0.364 e. The first-order valence-corrected chi connectivity index (χ1v) is 10.4. The van der Waals surface area contributed by atoms with Gasteiger partial charge < -0.3 is 16.8 Å². The molecule has 1 unspecified atom stereocenters. The van der Waals surface area contributed by atoms with Crippen LogP contribution in [0.5, 0.6) is 0 Å². The number of carbonyl (C=O) groups excluding carboxylic acids is 1. The van der Waals surface area contributed by atoms with Crippen LogP contribution in [-0.2, 0) is 6.42 Å². The lowest BCUT2D eigenvalue weighted by molar-refractivity contribution is 0.0996. The fourth-order valence-corrected chi connectivity index (χ4v) is 4.73. The van der Waals surface area contributed by atoms with Crippen LogP contribution >= 0.6 is 22.9 Å². The molecule has 28 heavy (non-hydrogen) atoms. The van der Waals surface area contributed by atoms with E-state index in [2.05, 4.69) is 27.3 Å². The third kappa shape index (κ3) is 4.50. The van der Waals surface area contributed by atoms with E-state index < -0.39 is 5.91 Å². The summed E-state index contributed by atoms with van der Waals surface area (Å²) < 4.78 is 0.816. The van der Waals surface area contributed by atoms with Gasteiger partial charge in [0.05, 0.1) is 10.4 Å². The lowest BCUT2D eigenvalue weighted by atomic mass is 9.93. The zero-order valence-corrected chi connectivity index (χ0v) is 17.3. The van der Waals surface area contributed by atoms with Crippen molar-refractivity contribution in [3.8, 4) is 10.4 Å². The van der Waals surface area contributed by atoms with Crippen LogP contribution in [0.1, 0.15) is 29.0 Å². The molecule has 8 heteroatoms. The summed E-state index contributed by atoms with van der Waals surface area (Å²) in [6.45, 7) is 2.08. The van der Waals surface area contributed by atoms with E-state index in [1.807, 2.05) is 24.3 Å². The average molecular weight is 418 g/mol. The fourth-order valence-electron chi connectivity index (χ4n) is 3.43. The number of piperidine rings is 1. The Morgan fingerprint density at radius 1 is 1.29 bits per heavy atom. The Balaban J connectivity index is 0.00000109. The molecule has 5 N–H and O–H groups in total. The van der Waals surface area contributed by atoms with Gasteiger partial charge in [-0.05, 0) is 69.1 Å². The highest BCUT2D eigenvalue weighted by Gasteiger charge is 2.21. The van der Waals surface area contributed by atoms with E-state index in [-0.39, 0.29) is 5.69 Å². The number of rotatable bonds is 4. The van der Waals surface area contributed by atoms with Crippen LogP contribution in [0.4, 0.5) is 0 Å². The Morgan fingerprint density at radius 3 is 2.68 bits per heavy atom. The number of benzene rings is 1. The summed E-state index contributed by atoms with van der Waals surface area (Å²) in [5.41, 5.74) is 12.3. The van der Waals surface area contributed by atoms with Gasteiger partial charge in [-0.2, -0.15) is 5.10 Å². The van der Waals surface area contributed by atoms with Crippen molar-refractivity contribution < 1.29 is 4.79 Å². The number of fused-ring (bicyclic) bond motifs is 1. The molecule has 0 saturated carbocycles. The van der Waals surface area contributed by atoms with Crippen LogP contribution in [-0.4, -0.2) is 36.2 Å². The molecule has 1 amide bonds. The highest BCUT2D eigenvalue weighted by atomic mass is 35.5. The lowest BCUT2D eigenvalue weighted by Crippen LogP contribution is -2.31. The predicted octanol–water partition coefficient (Wildman–Crippen LogP) is 3.23. The van der Waals surface area contributed by atoms with Crippen LogP contribution in [0.25, 0.3) is 20.5 Å². The van der Waals surface area contributed by atoms with Gasteiger partial charge in [0.25, 0.3) is 5.91 Å². The van der Waals surface area contributed by atoms with Crippen molar-refractivity contribution in [2.45, 2.75) is 19.3 Å². The zero-order valence-electron chi connectivity index (χ0n) is 15.7. The minimum atomic E-state index is -0.544. The molecule has 1 fully saturated rings. The molecule has 3 heterocycles. The van der Waals surface area contributed by atoms with Crippen LogP contribution in [0.15, 0.2) is 30.3 Å². The molecule has 0 spiro atoms. The molecule has 3 aromatic rings. The summed E-state index contributed by atoms with van der Waals surface area (Å²) in [4.78, 5) is 12.9. The second-order valence-electron chi connectivity index (χ2n) is 6.64. The number of carbonyl (C=O) groups is 1. The number of nitrogens with two attached hydrogens (primary N) is 2. The van der Waals surface area contributed by atoms with Gasteiger partial charge in [0.15, 0.2) is 5.69 Å². The van der Waals surface area contributed by atoms with Gasteiger partial charge in [0.2, 0.25) is 0 Å². The summed E-state index contributed by atoms with van der Waals surface area (Å²) in [7, 11) is 1.50. The van der Waals surface area contributed by atoms with E-state index >= 15 is 0 Å². The molecular formula is C20H24ClN5OS.